The summed E-state index contributed by atoms with van der Waals surface area (Å²) in [6.07, 6.45) is 6.83. The molecule has 0 radical (unpaired) electrons. The van der Waals surface area contributed by atoms with Gasteiger partial charge in [0.2, 0.25) is 5.91 Å². The highest BCUT2D eigenvalue weighted by atomic mass is 16.1. The molecule has 0 saturated carbocycles. The van der Waals surface area contributed by atoms with Crippen molar-refractivity contribution in [1.29, 1.82) is 0 Å². The van der Waals surface area contributed by atoms with Crippen molar-refractivity contribution in [3.63, 3.8) is 0 Å². The molecule has 3 N–H and O–H groups in total. The number of aromatic nitrogens is 2. The van der Waals surface area contributed by atoms with E-state index in [9.17, 15) is 14.4 Å². The average Bonchev–Trinajstić information content (AvgIpc) is 3.10. The van der Waals surface area contributed by atoms with Crippen LogP contribution in [0.3, 0.4) is 0 Å². The van der Waals surface area contributed by atoms with E-state index < -0.39 is 0 Å². The largest absolute Gasteiger partial charge is 0.356 e. The molecule has 0 aliphatic carbocycles. The van der Waals surface area contributed by atoms with E-state index in [1.54, 1.807) is 26.5 Å². The minimum Gasteiger partial charge on any atom is -0.356 e. The number of ketones is 2. The number of hydrogen-bond acceptors (Lipinski definition) is 5. The van der Waals surface area contributed by atoms with Gasteiger partial charge in [-0.1, -0.05) is 13.3 Å². The molecule has 25 heavy (non-hydrogen) atoms. The van der Waals surface area contributed by atoms with Gasteiger partial charge < -0.3 is 15.6 Å². The van der Waals surface area contributed by atoms with Gasteiger partial charge in [-0.2, -0.15) is 0 Å². The van der Waals surface area contributed by atoms with Gasteiger partial charge in [0.1, 0.15) is 5.78 Å². The van der Waals surface area contributed by atoms with E-state index in [1.807, 2.05) is 6.92 Å². The summed E-state index contributed by atoms with van der Waals surface area (Å²) in [7, 11) is 1.75. The van der Waals surface area contributed by atoms with Crippen molar-refractivity contribution in [3.8, 4) is 0 Å². The Morgan fingerprint density at radius 2 is 2.04 bits per heavy atom. The van der Waals surface area contributed by atoms with Crippen LogP contribution in [-0.2, 0) is 20.8 Å². The molecule has 0 aliphatic rings. The summed E-state index contributed by atoms with van der Waals surface area (Å²) in [5, 5.41) is 5.84. The van der Waals surface area contributed by atoms with E-state index in [0.717, 1.165) is 18.5 Å². The van der Waals surface area contributed by atoms with Gasteiger partial charge in [0.25, 0.3) is 0 Å². The van der Waals surface area contributed by atoms with Crippen molar-refractivity contribution in [3.05, 3.63) is 18.2 Å². The third kappa shape index (κ3) is 8.07. The second-order valence-electron chi connectivity index (χ2n) is 6.30. The molecular formula is C18H30N4O3. The van der Waals surface area contributed by atoms with Gasteiger partial charge in [0, 0.05) is 43.6 Å². The molecule has 7 heteroatoms. The fraction of sp³-hybridized carbons (Fsp3) is 0.667. The predicted octanol–water partition coefficient (Wildman–Crippen LogP) is 1.40. The summed E-state index contributed by atoms with van der Waals surface area (Å²) in [5.74, 6) is -0.139. The van der Waals surface area contributed by atoms with Crippen molar-refractivity contribution in [2.45, 2.75) is 58.4 Å². The van der Waals surface area contributed by atoms with E-state index in [-0.39, 0.29) is 35.9 Å². The van der Waals surface area contributed by atoms with Gasteiger partial charge in [-0.15, -0.1) is 0 Å². The second-order valence-corrected chi connectivity index (χ2v) is 6.30. The Morgan fingerprint density at radius 1 is 1.28 bits per heavy atom. The maximum Gasteiger partial charge on any atom is 0.219 e. The standard InChI is InChI=1S/C18H30N4O3/c1-4-18(25)21-8-6-5-7-14(13(2)23)9-17(24)16(19-3)10-15-11-20-12-22-15/h11-12,14,16,19H,4-10H2,1-3H3,(H,20,22)(H,21,25)/t14-,16+/m0/s1. The van der Waals surface area contributed by atoms with Crippen LogP contribution in [0.25, 0.3) is 0 Å². The molecule has 0 spiro atoms. The molecule has 0 bridgehead atoms. The van der Waals surface area contributed by atoms with Gasteiger partial charge in [-0.05, 0) is 26.8 Å². The van der Waals surface area contributed by atoms with Crippen molar-refractivity contribution >= 4 is 17.5 Å². The number of H-pyrrole nitrogens is 1. The lowest BCUT2D eigenvalue weighted by Crippen LogP contribution is -2.37. The van der Waals surface area contributed by atoms with Crippen LogP contribution in [0.4, 0.5) is 0 Å². The molecule has 0 saturated heterocycles. The van der Waals surface area contributed by atoms with E-state index >= 15 is 0 Å². The Labute approximate surface area is 149 Å². The zero-order valence-electron chi connectivity index (χ0n) is 15.4. The summed E-state index contributed by atoms with van der Waals surface area (Å²) in [6, 6.07) is -0.328. The number of carbonyl (C=O) groups is 3. The Hall–Kier alpha value is -2.02. The van der Waals surface area contributed by atoms with Crippen LogP contribution in [-0.4, -0.2) is 47.1 Å². The lowest BCUT2D eigenvalue weighted by molar-refractivity contribution is -0.128. The van der Waals surface area contributed by atoms with E-state index in [4.69, 9.17) is 0 Å². The average molecular weight is 350 g/mol. The van der Waals surface area contributed by atoms with Gasteiger partial charge >= 0.3 is 0 Å². The number of likely N-dealkylation sites (N-methyl/N-ethyl adjacent to an activating group) is 1. The van der Waals surface area contributed by atoms with Crippen LogP contribution in [0, 0.1) is 5.92 Å². The maximum absolute atomic E-state index is 12.5. The fourth-order valence-electron chi connectivity index (χ4n) is 2.70. The number of rotatable bonds is 13. The van der Waals surface area contributed by atoms with Crippen LogP contribution in [0.15, 0.2) is 12.5 Å². The highest BCUT2D eigenvalue weighted by Crippen LogP contribution is 2.16. The van der Waals surface area contributed by atoms with Crippen molar-refractivity contribution < 1.29 is 14.4 Å². The molecular weight excluding hydrogens is 320 g/mol. The van der Waals surface area contributed by atoms with Crippen LogP contribution in [0.5, 0.6) is 0 Å². The first-order valence-electron chi connectivity index (χ1n) is 8.92. The molecule has 0 unspecified atom stereocenters. The first-order valence-corrected chi connectivity index (χ1v) is 8.92. The number of imidazole rings is 1. The lowest BCUT2D eigenvalue weighted by atomic mass is 9.89. The van der Waals surface area contributed by atoms with Crippen LogP contribution >= 0.6 is 0 Å². The normalized spacial score (nSPS) is 13.2. The third-order valence-electron chi connectivity index (χ3n) is 4.36. The van der Waals surface area contributed by atoms with E-state index in [1.165, 1.54) is 0 Å². The number of nitrogens with one attached hydrogen (secondary N) is 3. The number of aromatic amines is 1. The molecule has 0 aliphatic heterocycles. The SMILES string of the molecule is CCC(=O)NCCCC[C@@H](CC(=O)[C@@H](Cc1cnc[nH]1)NC)C(C)=O. The van der Waals surface area contributed by atoms with Crippen LogP contribution in [0.2, 0.25) is 0 Å². The summed E-state index contributed by atoms with van der Waals surface area (Å²) in [6.45, 7) is 3.97. The summed E-state index contributed by atoms with van der Waals surface area (Å²) in [4.78, 5) is 42.5. The number of hydrogen-bond donors (Lipinski definition) is 3. The Kier molecular flexibility index (Phi) is 9.69. The molecule has 2 atom stereocenters. The molecule has 0 fully saturated rings. The van der Waals surface area contributed by atoms with Crippen LogP contribution < -0.4 is 10.6 Å². The molecule has 7 nitrogen and oxygen atoms in total. The molecule has 1 aromatic rings. The molecule has 0 aromatic carbocycles. The summed E-state index contributed by atoms with van der Waals surface area (Å²) < 4.78 is 0. The smallest absolute Gasteiger partial charge is 0.219 e. The van der Waals surface area contributed by atoms with Gasteiger partial charge in [0.15, 0.2) is 5.78 Å². The molecule has 1 aromatic heterocycles. The Morgan fingerprint density at radius 3 is 2.60 bits per heavy atom. The quantitative estimate of drug-likeness (QED) is 0.467. The topological polar surface area (TPSA) is 104 Å². The van der Waals surface area contributed by atoms with Crippen molar-refractivity contribution in [1.82, 2.24) is 20.6 Å². The van der Waals surface area contributed by atoms with Crippen molar-refractivity contribution in [2.24, 2.45) is 5.92 Å². The van der Waals surface area contributed by atoms with E-state index in [0.29, 0.717) is 25.8 Å². The summed E-state index contributed by atoms with van der Waals surface area (Å²) >= 11 is 0. The molecule has 140 valence electrons. The third-order valence-corrected chi connectivity index (χ3v) is 4.36. The predicted molar refractivity (Wildman–Crippen MR) is 96.1 cm³/mol. The zero-order valence-corrected chi connectivity index (χ0v) is 15.4. The number of carbonyl (C=O) groups excluding carboxylic acids is 3. The number of nitrogens with zero attached hydrogens (tertiary/aromatic N) is 1. The monoisotopic (exact) mass is 350 g/mol. The highest BCUT2D eigenvalue weighted by Gasteiger charge is 2.24. The second kappa shape index (κ2) is 11.5. The maximum atomic E-state index is 12.5. The van der Waals surface area contributed by atoms with E-state index in [2.05, 4.69) is 20.6 Å². The molecule has 1 amide bonds. The van der Waals surface area contributed by atoms with Crippen molar-refractivity contribution in [2.75, 3.05) is 13.6 Å². The number of amides is 1. The molecule has 1 heterocycles. The Bertz CT molecular complexity index is 543. The number of Topliss-reactive ketones (excluding diaryl/α,β-unsaturated/α-hetero) is 2. The summed E-state index contributed by atoms with van der Waals surface area (Å²) in [5.41, 5.74) is 0.888. The first kappa shape index (κ1) is 21.0. The first-order chi connectivity index (χ1) is 12.0. The minimum absolute atomic E-state index is 0.0361. The molecule has 1 rings (SSSR count). The van der Waals surface area contributed by atoms with Crippen LogP contribution in [0.1, 0.15) is 51.6 Å². The highest BCUT2D eigenvalue weighted by molar-refractivity contribution is 5.89. The number of unbranched alkanes of at least 4 members (excludes halogenated alkanes) is 1. The van der Waals surface area contributed by atoms with Gasteiger partial charge in [-0.3, -0.25) is 14.4 Å². The van der Waals surface area contributed by atoms with Gasteiger partial charge in [-0.25, -0.2) is 4.98 Å². The minimum atomic E-state index is -0.328. The Balaban J connectivity index is 2.42. The lowest BCUT2D eigenvalue weighted by Gasteiger charge is -2.18. The van der Waals surface area contributed by atoms with Gasteiger partial charge in [0.05, 0.1) is 12.4 Å². The fourth-order valence-corrected chi connectivity index (χ4v) is 2.70. The zero-order chi connectivity index (χ0) is 18.7.